The molecule has 92 valence electrons. The number of benzene rings is 1. The molecule has 0 atom stereocenters. The highest BCUT2D eigenvalue weighted by Gasteiger charge is 2.21. The van der Waals surface area contributed by atoms with Crippen molar-refractivity contribution in [3.63, 3.8) is 0 Å². The van der Waals surface area contributed by atoms with Crippen LogP contribution in [0.15, 0.2) is 12.1 Å². The van der Waals surface area contributed by atoms with Crippen LogP contribution < -0.4 is 10.2 Å². The Labute approximate surface area is 99.2 Å². The summed E-state index contributed by atoms with van der Waals surface area (Å²) < 4.78 is 18.9. The number of halogens is 1. The number of ether oxygens (including phenoxy) is 1. The van der Waals surface area contributed by atoms with E-state index in [9.17, 15) is 9.18 Å². The molecule has 6 heteroatoms. The van der Waals surface area contributed by atoms with E-state index in [1.54, 1.807) is 0 Å². The molecule has 1 aromatic rings. The maximum atomic E-state index is 13.7. The second-order valence-corrected chi connectivity index (χ2v) is 3.57. The van der Waals surface area contributed by atoms with Gasteiger partial charge in [0.1, 0.15) is 0 Å². The summed E-state index contributed by atoms with van der Waals surface area (Å²) in [6.07, 6.45) is 1.94. The molecule has 4 nitrogen and oxygen atoms in total. The van der Waals surface area contributed by atoms with Gasteiger partial charge < -0.3 is 14.8 Å². The molecule has 0 amide bonds. The van der Waals surface area contributed by atoms with Gasteiger partial charge in [-0.25, -0.2) is 4.39 Å². The first-order valence-corrected chi connectivity index (χ1v) is 5.38. The number of carbonyl (C=O) groups is 1. The lowest BCUT2D eigenvalue weighted by Crippen LogP contribution is -2.33. The molecule has 0 heterocycles. The predicted octanol–water partition coefficient (Wildman–Crippen LogP) is 0.497. The fourth-order valence-electron chi connectivity index (χ4n) is 1.37. The summed E-state index contributed by atoms with van der Waals surface area (Å²) in [7, 11) is -1.88. The maximum Gasteiger partial charge on any atom is 0.489 e. The Morgan fingerprint density at radius 3 is 2.71 bits per heavy atom. The second-order valence-electron chi connectivity index (χ2n) is 3.57. The Morgan fingerprint density at radius 2 is 2.18 bits per heavy atom. The number of carbonyl (C=O) groups excluding carboxylic acids is 1. The van der Waals surface area contributed by atoms with Crippen molar-refractivity contribution >= 4 is 18.9 Å². The lowest BCUT2D eigenvalue weighted by Gasteiger charge is -2.10. The van der Waals surface area contributed by atoms with Crippen LogP contribution in [0.4, 0.5) is 4.39 Å². The highest BCUT2D eigenvalue weighted by atomic mass is 19.1. The van der Waals surface area contributed by atoms with Crippen LogP contribution in [0.5, 0.6) is 5.75 Å². The first-order chi connectivity index (χ1) is 8.11. The van der Waals surface area contributed by atoms with Gasteiger partial charge in [-0.2, -0.15) is 0 Å². The van der Waals surface area contributed by atoms with Gasteiger partial charge in [-0.3, -0.25) is 4.79 Å². The lowest BCUT2D eigenvalue weighted by atomic mass is 9.77. The molecule has 0 bridgehead atoms. The van der Waals surface area contributed by atoms with Crippen LogP contribution in [-0.4, -0.2) is 30.1 Å². The van der Waals surface area contributed by atoms with E-state index in [2.05, 4.69) is 0 Å². The van der Waals surface area contributed by atoms with Crippen LogP contribution in [0.1, 0.15) is 30.1 Å². The van der Waals surface area contributed by atoms with Gasteiger partial charge in [-0.1, -0.05) is 19.4 Å². The van der Waals surface area contributed by atoms with Gasteiger partial charge in [0.15, 0.2) is 17.9 Å². The fourth-order valence-corrected chi connectivity index (χ4v) is 1.37. The number of hydrogen-bond donors (Lipinski definition) is 2. The molecule has 1 rings (SSSR count). The highest BCUT2D eigenvalue weighted by molar-refractivity contribution is 6.60. The third kappa shape index (κ3) is 3.28. The monoisotopic (exact) mass is 240 g/mol. The molecule has 0 unspecified atom stereocenters. The minimum atomic E-state index is -1.88. The van der Waals surface area contributed by atoms with Gasteiger partial charge in [0, 0.05) is 0 Å². The van der Waals surface area contributed by atoms with Crippen molar-refractivity contribution in [2.75, 3.05) is 6.61 Å². The molecule has 17 heavy (non-hydrogen) atoms. The third-order valence-electron chi connectivity index (χ3n) is 2.33. The van der Waals surface area contributed by atoms with E-state index in [1.807, 2.05) is 6.92 Å². The van der Waals surface area contributed by atoms with E-state index in [1.165, 1.54) is 12.1 Å². The Kier molecular flexibility index (Phi) is 5.12. The summed E-state index contributed by atoms with van der Waals surface area (Å²) in [5.41, 5.74) is -0.547. The third-order valence-corrected chi connectivity index (χ3v) is 2.33. The average Bonchev–Trinajstić information content (AvgIpc) is 2.30. The molecule has 0 radical (unpaired) electrons. The van der Waals surface area contributed by atoms with Crippen molar-refractivity contribution in [1.29, 1.82) is 0 Å². The summed E-state index contributed by atoms with van der Waals surface area (Å²) >= 11 is 0. The van der Waals surface area contributed by atoms with Crippen molar-refractivity contribution in [3.05, 3.63) is 23.5 Å². The van der Waals surface area contributed by atoms with Crippen LogP contribution in [0, 0.1) is 5.82 Å². The van der Waals surface area contributed by atoms with E-state index >= 15 is 0 Å². The molecule has 0 aliphatic heterocycles. The molecule has 1 aromatic carbocycles. The molecular weight excluding hydrogens is 226 g/mol. The van der Waals surface area contributed by atoms with Crippen molar-refractivity contribution in [2.24, 2.45) is 0 Å². The van der Waals surface area contributed by atoms with E-state index < -0.39 is 12.9 Å². The van der Waals surface area contributed by atoms with Crippen molar-refractivity contribution < 1.29 is 24.0 Å². The van der Waals surface area contributed by atoms with Gasteiger partial charge >= 0.3 is 7.12 Å². The number of unbranched alkanes of at least 4 members (excludes halogenated alkanes) is 1. The lowest BCUT2D eigenvalue weighted by molar-refractivity contribution is 0.111. The van der Waals surface area contributed by atoms with Crippen molar-refractivity contribution in [2.45, 2.75) is 19.8 Å². The minimum Gasteiger partial charge on any atom is -0.490 e. The number of aldehydes is 1. The van der Waals surface area contributed by atoms with E-state index in [0.717, 1.165) is 12.8 Å². The minimum absolute atomic E-state index is 0.0510. The van der Waals surface area contributed by atoms with Crippen LogP contribution >= 0.6 is 0 Å². The quantitative estimate of drug-likeness (QED) is 0.431. The van der Waals surface area contributed by atoms with Crippen LogP contribution in [0.3, 0.4) is 0 Å². The zero-order valence-electron chi connectivity index (χ0n) is 9.52. The van der Waals surface area contributed by atoms with Gasteiger partial charge in [0.2, 0.25) is 0 Å². The molecule has 0 saturated carbocycles. The predicted molar refractivity (Wildman–Crippen MR) is 62.0 cm³/mol. The standard InChI is InChI=1S/C11H14BFO4/c1-2-3-6-17-10-5-4-9(12(15)16)8(7-14)11(10)13/h4-5,7,15-16H,2-3,6H2,1H3. The SMILES string of the molecule is CCCCOc1ccc(B(O)O)c(C=O)c1F. The number of hydrogen-bond acceptors (Lipinski definition) is 4. The van der Waals surface area contributed by atoms with Gasteiger partial charge in [-0.05, 0) is 17.9 Å². The van der Waals surface area contributed by atoms with Gasteiger partial charge in [0.25, 0.3) is 0 Å². The Hall–Kier alpha value is -1.40. The normalized spacial score (nSPS) is 10.1. The van der Waals surface area contributed by atoms with Gasteiger partial charge in [0.05, 0.1) is 12.2 Å². The first kappa shape index (κ1) is 13.7. The Morgan fingerprint density at radius 1 is 1.47 bits per heavy atom. The van der Waals surface area contributed by atoms with Crippen LogP contribution in [0.25, 0.3) is 0 Å². The smallest absolute Gasteiger partial charge is 0.489 e. The topological polar surface area (TPSA) is 66.8 Å². The van der Waals surface area contributed by atoms with E-state index in [4.69, 9.17) is 14.8 Å². The average molecular weight is 240 g/mol. The molecule has 2 N–H and O–H groups in total. The summed E-state index contributed by atoms with van der Waals surface area (Å²) in [5, 5.41) is 17.9. The first-order valence-electron chi connectivity index (χ1n) is 5.38. The summed E-state index contributed by atoms with van der Waals surface area (Å²) in [5.74, 6) is -0.911. The zero-order chi connectivity index (χ0) is 12.8. The highest BCUT2D eigenvalue weighted by Crippen LogP contribution is 2.18. The molecule has 0 aliphatic carbocycles. The summed E-state index contributed by atoms with van der Waals surface area (Å²) in [6.45, 7) is 2.33. The van der Waals surface area contributed by atoms with E-state index in [0.29, 0.717) is 6.61 Å². The van der Waals surface area contributed by atoms with E-state index in [-0.39, 0.29) is 23.1 Å². The molecule has 0 fully saturated rings. The van der Waals surface area contributed by atoms with Crippen molar-refractivity contribution in [1.82, 2.24) is 0 Å². The summed E-state index contributed by atoms with van der Waals surface area (Å²) in [6, 6.07) is 2.55. The molecule has 0 aromatic heterocycles. The van der Waals surface area contributed by atoms with Crippen LogP contribution in [-0.2, 0) is 0 Å². The van der Waals surface area contributed by atoms with Gasteiger partial charge in [-0.15, -0.1) is 0 Å². The Balaban J connectivity index is 2.98. The fraction of sp³-hybridized carbons (Fsp3) is 0.364. The zero-order valence-corrected chi connectivity index (χ0v) is 9.52. The Bertz CT molecular complexity index is 395. The maximum absolute atomic E-state index is 13.7. The van der Waals surface area contributed by atoms with Crippen LogP contribution in [0.2, 0.25) is 0 Å². The molecule has 0 aliphatic rings. The van der Waals surface area contributed by atoms with Crippen molar-refractivity contribution in [3.8, 4) is 5.75 Å². The molecule has 0 saturated heterocycles. The largest absolute Gasteiger partial charge is 0.490 e. The molecule has 0 spiro atoms. The molecular formula is C11H14BFO4. The summed E-state index contributed by atoms with van der Waals surface area (Å²) in [4.78, 5) is 10.7. The second kappa shape index (κ2) is 6.37. The number of rotatable bonds is 6.